The van der Waals surface area contributed by atoms with Crippen molar-refractivity contribution in [2.75, 3.05) is 6.61 Å². The van der Waals surface area contributed by atoms with Crippen LogP contribution in [0.2, 0.25) is 0 Å². The van der Waals surface area contributed by atoms with Crippen molar-refractivity contribution in [2.45, 2.75) is 39.0 Å². The third-order valence-corrected chi connectivity index (χ3v) is 2.85. The van der Waals surface area contributed by atoms with Gasteiger partial charge in [-0.2, -0.15) is 0 Å². The van der Waals surface area contributed by atoms with Crippen LogP contribution in [0, 0.1) is 0 Å². The molecule has 0 spiro atoms. The van der Waals surface area contributed by atoms with Crippen molar-refractivity contribution in [3.63, 3.8) is 0 Å². The van der Waals surface area contributed by atoms with Gasteiger partial charge >= 0.3 is 5.97 Å². The van der Waals surface area contributed by atoms with Crippen molar-refractivity contribution in [1.82, 2.24) is 0 Å². The highest BCUT2D eigenvalue weighted by Gasteiger charge is 2.04. The van der Waals surface area contributed by atoms with Crippen molar-refractivity contribution in [1.29, 1.82) is 0 Å². The largest absolute Gasteiger partial charge is 0.504 e. The van der Waals surface area contributed by atoms with Crippen LogP contribution in [-0.4, -0.2) is 22.8 Å². The van der Waals surface area contributed by atoms with Crippen molar-refractivity contribution in [3.8, 4) is 11.5 Å². The Bertz CT molecular complexity index is 452. The van der Waals surface area contributed by atoms with E-state index in [9.17, 15) is 15.0 Å². The van der Waals surface area contributed by atoms with Crippen LogP contribution in [0.15, 0.2) is 30.4 Å². The van der Waals surface area contributed by atoms with Gasteiger partial charge in [0.15, 0.2) is 11.5 Å². The molecule has 0 heterocycles. The maximum Gasteiger partial charge on any atom is 0.305 e. The second-order valence-electron chi connectivity index (χ2n) is 4.57. The lowest BCUT2D eigenvalue weighted by atomic mass is 10.1. The van der Waals surface area contributed by atoms with E-state index in [1.807, 2.05) is 0 Å². The number of allylic oxidation sites excluding steroid dienone is 2. The molecule has 0 saturated heterocycles. The van der Waals surface area contributed by atoms with Crippen LogP contribution in [0.3, 0.4) is 0 Å². The van der Waals surface area contributed by atoms with Gasteiger partial charge in [0, 0.05) is 12.8 Å². The van der Waals surface area contributed by atoms with Gasteiger partial charge in [-0.05, 0) is 37.0 Å². The average molecular weight is 278 g/mol. The van der Waals surface area contributed by atoms with E-state index < -0.39 is 0 Å². The van der Waals surface area contributed by atoms with Gasteiger partial charge in [-0.1, -0.05) is 25.1 Å². The number of benzene rings is 1. The highest BCUT2D eigenvalue weighted by molar-refractivity contribution is 5.69. The monoisotopic (exact) mass is 278 g/mol. The van der Waals surface area contributed by atoms with Gasteiger partial charge in [0.25, 0.3) is 0 Å². The van der Waals surface area contributed by atoms with E-state index >= 15 is 0 Å². The maximum atomic E-state index is 11.5. The smallest absolute Gasteiger partial charge is 0.305 e. The highest BCUT2D eigenvalue weighted by atomic mass is 16.5. The Morgan fingerprint density at radius 2 is 2.05 bits per heavy atom. The minimum Gasteiger partial charge on any atom is -0.504 e. The number of carbonyl (C=O) groups excluding carboxylic acids is 1. The predicted molar refractivity (Wildman–Crippen MR) is 77.7 cm³/mol. The molecular weight excluding hydrogens is 256 g/mol. The molecule has 4 nitrogen and oxygen atoms in total. The lowest BCUT2D eigenvalue weighted by molar-refractivity contribution is -0.143. The first-order valence-electron chi connectivity index (χ1n) is 6.95. The van der Waals surface area contributed by atoms with E-state index in [0.717, 1.165) is 24.8 Å². The quantitative estimate of drug-likeness (QED) is 0.331. The normalized spacial score (nSPS) is 10.8. The molecule has 1 aromatic rings. The Morgan fingerprint density at radius 1 is 1.25 bits per heavy atom. The zero-order chi connectivity index (χ0) is 14.8. The number of phenolic OH excluding ortho intramolecular Hbond substituents is 2. The second-order valence-corrected chi connectivity index (χ2v) is 4.57. The molecule has 0 aliphatic heterocycles. The summed E-state index contributed by atoms with van der Waals surface area (Å²) in [4.78, 5) is 11.5. The third kappa shape index (κ3) is 6.27. The van der Waals surface area contributed by atoms with Crippen LogP contribution >= 0.6 is 0 Å². The number of aromatic hydroxyl groups is 2. The molecule has 0 aliphatic rings. The molecule has 1 rings (SSSR count). The Morgan fingerprint density at radius 3 is 2.75 bits per heavy atom. The van der Waals surface area contributed by atoms with Crippen LogP contribution < -0.4 is 0 Å². The van der Waals surface area contributed by atoms with Crippen molar-refractivity contribution < 1.29 is 19.7 Å². The minimum atomic E-state index is -0.196. The van der Waals surface area contributed by atoms with E-state index in [2.05, 4.69) is 19.1 Å². The summed E-state index contributed by atoms with van der Waals surface area (Å²) in [5, 5.41) is 18.5. The summed E-state index contributed by atoms with van der Waals surface area (Å²) in [5.74, 6) is -0.500. The number of hydrogen-bond acceptors (Lipinski definition) is 4. The first kappa shape index (κ1) is 16.1. The van der Waals surface area contributed by atoms with E-state index in [4.69, 9.17) is 4.74 Å². The van der Waals surface area contributed by atoms with Crippen molar-refractivity contribution in [2.24, 2.45) is 0 Å². The number of rotatable bonds is 8. The molecule has 0 bridgehead atoms. The van der Waals surface area contributed by atoms with Gasteiger partial charge < -0.3 is 14.9 Å². The zero-order valence-electron chi connectivity index (χ0n) is 11.8. The molecule has 0 radical (unpaired) electrons. The molecule has 0 atom stereocenters. The number of carbonyl (C=O) groups is 1. The Hall–Kier alpha value is -1.97. The fourth-order valence-corrected chi connectivity index (χ4v) is 1.73. The summed E-state index contributed by atoms with van der Waals surface area (Å²) in [6.45, 7) is 2.36. The molecule has 4 heteroatoms. The first-order valence-corrected chi connectivity index (χ1v) is 6.95. The lowest BCUT2D eigenvalue weighted by Gasteiger charge is -2.05. The summed E-state index contributed by atoms with van der Waals surface area (Å²) in [5.41, 5.74) is 0.818. The van der Waals surface area contributed by atoms with Gasteiger partial charge in [-0.25, -0.2) is 0 Å². The standard InChI is InChI=1S/C16H22O4/c1-2-3-4-5-6-7-16(19)20-11-10-13-8-9-14(17)15(18)12-13/h3-4,8-9,12,17-18H,2,5-7,10-11H2,1H3/b4-3-. The van der Waals surface area contributed by atoms with Crippen LogP contribution in [0.1, 0.15) is 38.2 Å². The van der Waals surface area contributed by atoms with E-state index in [0.29, 0.717) is 12.8 Å². The summed E-state index contributed by atoms with van der Waals surface area (Å²) < 4.78 is 5.12. The number of hydrogen-bond donors (Lipinski definition) is 2. The molecule has 0 unspecified atom stereocenters. The van der Waals surface area contributed by atoms with Gasteiger partial charge in [0.2, 0.25) is 0 Å². The highest BCUT2D eigenvalue weighted by Crippen LogP contribution is 2.24. The summed E-state index contributed by atoms with van der Waals surface area (Å²) in [7, 11) is 0. The molecule has 0 saturated carbocycles. The molecule has 2 N–H and O–H groups in total. The van der Waals surface area contributed by atoms with Crippen LogP contribution in [-0.2, 0) is 16.0 Å². The Balaban J connectivity index is 2.18. The van der Waals surface area contributed by atoms with Crippen LogP contribution in [0.4, 0.5) is 0 Å². The van der Waals surface area contributed by atoms with E-state index in [1.54, 1.807) is 6.07 Å². The number of unbranched alkanes of at least 4 members (excludes halogenated alkanes) is 1. The number of ether oxygens (including phenoxy) is 1. The van der Waals surface area contributed by atoms with Gasteiger partial charge in [0.05, 0.1) is 6.61 Å². The fourth-order valence-electron chi connectivity index (χ4n) is 1.73. The number of esters is 1. The molecule has 0 fully saturated rings. The molecule has 0 amide bonds. The molecule has 0 aromatic heterocycles. The maximum absolute atomic E-state index is 11.5. The molecule has 1 aromatic carbocycles. The van der Waals surface area contributed by atoms with Gasteiger partial charge in [0.1, 0.15) is 0 Å². The van der Waals surface area contributed by atoms with Gasteiger partial charge in [-0.15, -0.1) is 0 Å². The summed E-state index contributed by atoms with van der Waals surface area (Å²) in [6.07, 6.45) is 7.83. The SMILES string of the molecule is CC/C=C\CCCC(=O)OCCc1ccc(O)c(O)c1. The molecule has 0 aliphatic carbocycles. The fraction of sp³-hybridized carbons (Fsp3) is 0.438. The zero-order valence-corrected chi connectivity index (χ0v) is 11.8. The summed E-state index contributed by atoms with van der Waals surface area (Å²) in [6, 6.07) is 4.59. The van der Waals surface area contributed by atoms with E-state index in [-0.39, 0.29) is 24.1 Å². The van der Waals surface area contributed by atoms with Crippen molar-refractivity contribution >= 4 is 5.97 Å². The first-order chi connectivity index (χ1) is 9.63. The second kappa shape index (κ2) is 9.02. The lowest BCUT2D eigenvalue weighted by Crippen LogP contribution is -2.07. The third-order valence-electron chi connectivity index (χ3n) is 2.85. The minimum absolute atomic E-state index is 0.147. The molecule has 20 heavy (non-hydrogen) atoms. The topological polar surface area (TPSA) is 66.8 Å². The Labute approximate surface area is 119 Å². The van der Waals surface area contributed by atoms with Crippen LogP contribution in [0.25, 0.3) is 0 Å². The summed E-state index contributed by atoms with van der Waals surface area (Å²) >= 11 is 0. The average Bonchev–Trinajstić information content (AvgIpc) is 2.42. The number of phenols is 2. The molecular formula is C16H22O4. The van der Waals surface area contributed by atoms with Crippen molar-refractivity contribution in [3.05, 3.63) is 35.9 Å². The van der Waals surface area contributed by atoms with E-state index in [1.165, 1.54) is 12.1 Å². The van der Waals surface area contributed by atoms with Gasteiger partial charge in [-0.3, -0.25) is 4.79 Å². The Kier molecular flexibility index (Phi) is 7.25. The van der Waals surface area contributed by atoms with Crippen LogP contribution in [0.5, 0.6) is 11.5 Å². The predicted octanol–water partition coefficient (Wildman–Crippen LogP) is 3.32. The molecule has 110 valence electrons.